The second kappa shape index (κ2) is 5.96. The molecule has 1 aromatic rings. The van der Waals surface area contributed by atoms with Crippen LogP contribution in [-0.2, 0) is 33.6 Å². The molecule has 0 aliphatic heterocycles. The number of ether oxygens (including phenoxy) is 1. The number of hydrogen-bond donors (Lipinski definition) is 0. The molecule has 4 atom stereocenters. The van der Waals surface area contributed by atoms with Gasteiger partial charge >= 0.3 is 5.97 Å². The normalized spacial score (nSPS) is 33.2. The fourth-order valence-electron chi connectivity index (χ4n) is 6.03. The highest BCUT2D eigenvalue weighted by Gasteiger charge is 2.51. The second-order valence-electron chi connectivity index (χ2n) is 8.54. The monoisotopic (exact) mass is 340 g/mol. The van der Waals surface area contributed by atoms with Crippen LogP contribution >= 0.6 is 0 Å². The van der Waals surface area contributed by atoms with Crippen molar-refractivity contribution >= 4 is 11.8 Å². The average molecular weight is 340 g/mol. The van der Waals surface area contributed by atoms with Crippen molar-refractivity contribution in [3.8, 4) is 0 Å². The Balaban J connectivity index is 1.66. The van der Waals surface area contributed by atoms with Gasteiger partial charge in [-0.05, 0) is 79.0 Å². The van der Waals surface area contributed by atoms with Crippen molar-refractivity contribution in [2.24, 2.45) is 11.3 Å². The van der Waals surface area contributed by atoms with Gasteiger partial charge in [0, 0.05) is 19.3 Å². The molecule has 4 rings (SSSR count). The molecule has 25 heavy (non-hydrogen) atoms. The van der Waals surface area contributed by atoms with Gasteiger partial charge in [-0.2, -0.15) is 0 Å². The number of carbonyl (C=O) groups is 2. The summed E-state index contributed by atoms with van der Waals surface area (Å²) in [5.41, 5.74) is 6.06. The van der Waals surface area contributed by atoms with Crippen LogP contribution in [0, 0.1) is 11.3 Å². The minimum atomic E-state index is -0.177. The molecule has 3 nitrogen and oxygen atoms in total. The van der Waals surface area contributed by atoms with Gasteiger partial charge in [-0.25, -0.2) is 0 Å². The van der Waals surface area contributed by atoms with Crippen LogP contribution in [0.15, 0.2) is 12.1 Å². The number of carbonyl (C=O) groups excluding carboxylic acids is 2. The van der Waals surface area contributed by atoms with E-state index < -0.39 is 0 Å². The lowest BCUT2D eigenvalue weighted by Crippen LogP contribution is -2.36. The predicted molar refractivity (Wildman–Crippen MR) is 96.6 cm³/mol. The Morgan fingerprint density at radius 1 is 1.08 bits per heavy atom. The van der Waals surface area contributed by atoms with E-state index in [1.807, 2.05) is 0 Å². The van der Waals surface area contributed by atoms with Gasteiger partial charge in [0.05, 0.1) is 0 Å². The van der Waals surface area contributed by atoms with Crippen molar-refractivity contribution in [1.82, 2.24) is 0 Å². The molecule has 0 saturated heterocycles. The number of rotatable bonds is 2. The van der Waals surface area contributed by atoms with E-state index in [1.54, 1.807) is 12.5 Å². The molecule has 4 unspecified atom stereocenters. The molecule has 0 N–H and O–H groups in total. The van der Waals surface area contributed by atoms with Crippen molar-refractivity contribution in [1.29, 1.82) is 0 Å². The van der Waals surface area contributed by atoms with E-state index in [4.69, 9.17) is 4.74 Å². The summed E-state index contributed by atoms with van der Waals surface area (Å²) in [4.78, 5) is 23.4. The molecular weight excluding hydrogens is 312 g/mol. The predicted octanol–water partition coefficient (Wildman–Crippen LogP) is 4.14. The summed E-state index contributed by atoms with van der Waals surface area (Å²) in [6, 6.07) is 4.57. The molecular formula is C22H28O3. The lowest BCUT2D eigenvalue weighted by atomic mass is 9.61. The number of hydrogen-bond acceptors (Lipinski definition) is 3. The van der Waals surface area contributed by atoms with Gasteiger partial charge in [-0.3, -0.25) is 9.59 Å². The van der Waals surface area contributed by atoms with Crippen molar-refractivity contribution in [2.45, 2.75) is 77.7 Å². The van der Waals surface area contributed by atoms with Crippen LogP contribution in [0.1, 0.15) is 74.6 Å². The van der Waals surface area contributed by atoms with Crippen molar-refractivity contribution in [3.05, 3.63) is 34.4 Å². The fourth-order valence-corrected chi connectivity index (χ4v) is 6.03. The molecule has 1 fully saturated rings. The Morgan fingerprint density at radius 2 is 1.88 bits per heavy atom. The first-order chi connectivity index (χ1) is 11.9. The Hall–Kier alpha value is -1.64. The molecule has 134 valence electrons. The highest BCUT2D eigenvalue weighted by atomic mass is 16.5. The van der Waals surface area contributed by atoms with Gasteiger partial charge in [0.15, 0.2) is 0 Å². The Morgan fingerprint density at radius 3 is 2.60 bits per heavy atom. The summed E-state index contributed by atoms with van der Waals surface area (Å²) in [6.07, 6.45) is 7.22. The lowest BCUT2D eigenvalue weighted by Gasteiger charge is -2.42. The smallest absolute Gasteiger partial charge is 0.302 e. The van der Waals surface area contributed by atoms with Crippen molar-refractivity contribution in [3.63, 3.8) is 0 Å². The maximum absolute atomic E-state index is 12.1. The van der Waals surface area contributed by atoms with Gasteiger partial charge in [0.1, 0.15) is 11.9 Å². The quantitative estimate of drug-likeness (QED) is 0.760. The summed E-state index contributed by atoms with van der Waals surface area (Å²) < 4.78 is 5.44. The van der Waals surface area contributed by atoms with Crippen LogP contribution in [0.3, 0.4) is 0 Å². The standard InChI is InChI=1S/C22H28O3/c1-13(23)20-8-9-21-19-6-4-15-12-16(25-14(2)24)5-7-17(15)18(19)10-11-22(20,21)3/h4,6,16,20-21H,5,7-12H2,1-3H3. The summed E-state index contributed by atoms with van der Waals surface area (Å²) in [5, 5.41) is 0. The van der Waals surface area contributed by atoms with E-state index in [-0.39, 0.29) is 23.4 Å². The lowest BCUT2D eigenvalue weighted by molar-refractivity contribution is -0.146. The zero-order chi connectivity index (χ0) is 17.8. The molecule has 1 aromatic carbocycles. The van der Waals surface area contributed by atoms with Gasteiger partial charge in [-0.1, -0.05) is 19.1 Å². The number of Topliss-reactive ketones (excluding diaryl/α,β-unsaturated/α-hetero) is 1. The first kappa shape index (κ1) is 16.8. The molecule has 0 radical (unpaired) electrons. The number of ketones is 1. The number of benzene rings is 1. The Bertz CT molecular complexity index is 735. The van der Waals surface area contributed by atoms with E-state index in [0.717, 1.165) is 44.9 Å². The molecule has 3 heteroatoms. The van der Waals surface area contributed by atoms with Crippen molar-refractivity contribution in [2.75, 3.05) is 0 Å². The van der Waals surface area contributed by atoms with E-state index in [1.165, 1.54) is 23.6 Å². The van der Waals surface area contributed by atoms with E-state index in [9.17, 15) is 9.59 Å². The van der Waals surface area contributed by atoms with Gasteiger partial charge in [0.25, 0.3) is 0 Å². The zero-order valence-electron chi connectivity index (χ0n) is 15.6. The number of esters is 1. The molecule has 1 saturated carbocycles. The van der Waals surface area contributed by atoms with Gasteiger partial charge in [-0.15, -0.1) is 0 Å². The first-order valence-electron chi connectivity index (χ1n) is 9.71. The SMILES string of the molecule is CC(=O)OC1CCc2c(ccc3c2CCC2(C)C(C(C)=O)CCC32)C1. The highest BCUT2D eigenvalue weighted by molar-refractivity contribution is 5.80. The van der Waals surface area contributed by atoms with Crippen LogP contribution in [0.5, 0.6) is 0 Å². The van der Waals surface area contributed by atoms with Crippen LogP contribution in [0.25, 0.3) is 0 Å². The van der Waals surface area contributed by atoms with Crippen molar-refractivity contribution < 1.29 is 14.3 Å². The topological polar surface area (TPSA) is 43.4 Å². The maximum atomic E-state index is 12.1. The van der Waals surface area contributed by atoms with E-state index in [0.29, 0.717) is 11.7 Å². The fraction of sp³-hybridized carbons (Fsp3) is 0.636. The van der Waals surface area contributed by atoms with Gasteiger partial charge < -0.3 is 4.74 Å². The second-order valence-corrected chi connectivity index (χ2v) is 8.54. The molecule has 0 bridgehead atoms. The first-order valence-corrected chi connectivity index (χ1v) is 9.71. The average Bonchev–Trinajstić information content (AvgIpc) is 2.91. The zero-order valence-corrected chi connectivity index (χ0v) is 15.6. The molecule has 0 aromatic heterocycles. The highest BCUT2D eigenvalue weighted by Crippen LogP contribution is 2.59. The van der Waals surface area contributed by atoms with E-state index in [2.05, 4.69) is 19.1 Å². The molecule has 0 amide bonds. The molecule has 0 spiro atoms. The van der Waals surface area contributed by atoms with Crippen LogP contribution in [-0.4, -0.2) is 17.9 Å². The molecule has 3 aliphatic carbocycles. The third kappa shape index (κ3) is 2.63. The third-order valence-electron chi connectivity index (χ3n) is 7.18. The summed E-state index contributed by atoms with van der Waals surface area (Å²) in [6.45, 7) is 5.61. The Kier molecular flexibility index (Phi) is 4.01. The minimum Gasteiger partial charge on any atom is -0.462 e. The maximum Gasteiger partial charge on any atom is 0.302 e. The largest absolute Gasteiger partial charge is 0.462 e. The van der Waals surface area contributed by atoms with Gasteiger partial charge in [0.2, 0.25) is 0 Å². The summed E-state index contributed by atoms with van der Waals surface area (Å²) in [7, 11) is 0. The Labute approximate surface area is 150 Å². The molecule has 0 heterocycles. The summed E-state index contributed by atoms with van der Waals surface area (Å²) in [5.74, 6) is 0.954. The number of fused-ring (bicyclic) bond motifs is 5. The summed E-state index contributed by atoms with van der Waals surface area (Å²) >= 11 is 0. The van der Waals surface area contributed by atoms with Crippen LogP contribution < -0.4 is 0 Å². The van der Waals surface area contributed by atoms with Crippen LogP contribution in [0.4, 0.5) is 0 Å². The molecule has 3 aliphatic rings. The third-order valence-corrected chi connectivity index (χ3v) is 7.18. The minimum absolute atomic E-state index is 0.0329. The van der Waals surface area contributed by atoms with Crippen LogP contribution in [0.2, 0.25) is 0 Å². The van der Waals surface area contributed by atoms with E-state index >= 15 is 0 Å².